The zero-order chi connectivity index (χ0) is 31.6. The van der Waals surface area contributed by atoms with Gasteiger partial charge in [0.05, 0.1) is 33.3 Å². The summed E-state index contributed by atoms with van der Waals surface area (Å²) >= 11 is 0. The molecule has 0 saturated heterocycles. The summed E-state index contributed by atoms with van der Waals surface area (Å²) in [7, 11) is 0. The molecule has 4 aromatic heterocycles. The van der Waals surface area contributed by atoms with Crippen molar-refractivity contribution < 1.29 is 0 Å². The zero-order valence-electron chi connectivity index (χ0n) is 26.0. The van der Waals surface area contributed by atoms with Gasteiger partial charge in [-0.05, 0) is 66.2 Å². The van der Waals surface area contributed by atoms with E-state index in [1.807, 2.05) is 24.5 Å². The van der Waals surface area contributed by atoms with Crippen LogP contribution in [-0.2, 0) is 0 Å². The molecule has 0 bridgehead atoms. The number of hydrogen-bond donors (Lipinski definition) is 0. The van der Waals surface area contributed by atoms with E-state index in [4.69, 9.17) is 9.97 Å². The number of para-hydroxylation sites is 4. The van der Waals surface area contributed by atoms with Crippen molar-refractivity contribution in [1.29, 1.82) is 0 Å². The molecule has 0 fully saturated rings. The number of fused-ring (bicyclic) bond motifs is 7. The van der Waals surface area contributed by atoms with Crippen molar-refractivity contribution in [3.05, 3.63) is 170 Å². The van der Waals surface area contributed by atoms with Crippen LogP contribution in [0.25, 0.3) is 88.3 Å². The van der Waals surface area contributed by atoms with Crippen LogP contribution in [0.5, 0.6) is 0 Å². The molecule has 10 aromatic rings. The Balaban J connectivity index is 1.34. The SMILES string of the molecule is c1ccc(-n2c3ccccc3c3c(-c4ccccn4)cc(-n4c5ccccc5c5ccc(-c6cccc7cccnc67)cc54)cc32)cc1. The number of hydrogen-bond acceptors (Lipinski definition) is 2. The second kappa shape index (κ2) is 10.5. The zero-order valence-corrected chi connectivity index (χ0v) is 26.0. The molecule has 10 rings (SSSR count). The van der Waals surface area contributed by atoms with Gasteiger partial charge in [0.25, 0.3) is 0 Å². The van der Waals surface area contributed by atoms with E-state index in [-0.39, 0.29) is 0 Å². The van der Waals surface area contributed by atoms with Crippen LogP contribution in [0.4, 0.5) is 0 Å². The van der Waals surface area contributed by atoms with Gasteiger partial charge in [-0.25, -0.2) is 0 Å². The summed E-state index contributed by atoms with van der Waals surface area (Å²) in [5.74, 6) is 0. The highest BCUT2D eigenvalue weighted by Gasteiger charge is 2.21. The van der Waals surface area contributed by atoms with Crippen molar-refractivity contribution in [2.75, 3.05) is 0 Å². The third kappa shape index (κ3) is 3.96. The summed E-state index contributed by atoms with van der Waals surface area (Å²) in [6.07, 6.45) is 3.76. The molecule has 0 N–H and O–H groups in total. The molecular weight excluding hydrogens is 585 g/mol. The lowest BCUT2D eigenvalue weighted by atomic mass is 10.00. The third-order valence-electron chi connectivity index (χ3n) is 9.59. The molecule has 224 valence electrons. The van der Waals surface area contributed by atoms with Gasteiger partial charge in [0.2, 0.25) is 0 Å². The van der Waals surface area contributed by atoms with Crippen molar-refractivity contribution in [1.82, 2.24) is 19.1 Å². The fourth-order valence-electron chi connectivity index (χ4n) is 7.54. The van der Waals surface area contributed by atoms with Crippen LogP contribution in [0, 0.1) is 0 Å². The third-order valence-corrected chi connectivity index (χ3v) is 9.59. The summed E-state index contributed by atoms with van der Waals surface area (Å²) in [6, 6.07) is 56.3. The van der Waals surface area contributed by atoms with E-state index in [9.17, 15) is 0 Å². The molecule has 0 aliphatic carbocycles. The maximum atomic E-state index is 4.89. The smallest absolute Gasteiger partial charge is 0.0780 e. The lowest BCUT2D eigenvalue weighted by Crippen LogP contribution is -1.98. The normalized spacial score (nSPS) is 11.8. The van der Waals surface area contributed by atoms with Gasteiger partial charge in [-0.1, -0.05) is 97.1 Å². The van der Waals surface area contributed by atoms with Gasteiger partial charge in [0.15, 0.2) is 0 Å². The Morgan fingerprint density at radius 3 is 1.96 bits per heavy atom. The fourth-order valence-corrected chi connectivity index (χ4v) is 7.54. The van der Waals surface area contributed by atoms with Crippen molar-refractivity contribution in [3.8, 4) is 33.8 Å². The van der Waals surface area contributed by atoms with Crippen LogP contribution < -0.4 is 0 Å². The lowest BCUT2D eigenvalue weighted by Gasteiger charge is -2.14. The van der Waals surface area contributed by atoms with Crippen molar-refractivity contribution in [2.45, 2.75) is 0 Å². The largest absolute Gasteiger partial charge is 0.309 e. The Hall–Kier alpha value is -6.52. The van der Waals surface area contributed by atoms with Gasteiger partial charge in [0.1, 0.15) is 0 Å². The monoisotopic (exact) mass is 612 g/mol. The van der Waals surface area contributed by atoms with Gasteiger partial charge in [-0.2, -0.15) is 0 Å². The highest BCUT2D eigenvalue weighted by molar-refractivity contribution is 6.17. The number of benzene rings is 6. The van der Waals surface area contributed by atoms with Crippen LogP contribution in [0.1, 0.15) is 0 Å². The number of aromatic nitrogens is 4. The number of rotatable bonds is 4. The molecule has 4 heteroatoms. The predicted molar refractivity (Wildman–Crippen MR) is 199 cm³/mol. The maximum absolute atomic E-state index is 4.89. The Morgan fingerprint density at radius 2 is 1.10 bits per heavy atom. The van der Waals surface area contributed by atoms with E-state index in [0.29, 0.717) is 0 Å². The first kappa shape index (κ1) is 26.7. The van der Waals surface area contributed by atoms with E-state index in [1.54, 1.807) is 0 Å². The molecule has 0 saturated carbocycles. The molecule has 4 heterocycles. The number of pyridine rings is 2. The molecule has 0 atom stereocenters. The van der Waals surface area contributed by atoms with Crippen LogP contribution in [0.2, 0.25) is 0 Å². The molecule has 4 nitrogen and oxygen atoms in total. The second-order valence-corrected chi connectivity index (χ2v) is 12.3. The van der Waals surface area contributed by atoms with Gasteiger partial charge in [0, 0.05) is 61.8 Å². The van der Waals surface area contributed by atoms with Crippen LogP contribution in [0.15, 0.2) is 170 Å². The lowest BCUT2D eigenvalue weighted by molar-refractivity contribution is 1.15. The first-order valence-corrected chi connectivity index (χ1v) is 16.3. The molecule has 48 heavy (non-hydrogen) atoms. The standard InChI is InChI=1S/C44H28N4/c1-2-14-31(15-3-1)47-40-21-7-5-17-36(40)43-37(38-19-8-9-24-45-38)27-32(28-42(43)47)48-39-20-6-4-16-34(39)35-23-22-30(26-41(35)48)33-18-10-12-29-13-11-25-46-44(29)33/h1-28H. The van der Waals surface area contributed by atoms with E-state index >= 15 is 0 Å². The predicted octanol–water partition coefficient (Wildman–Crippen LogP) is 11.2. The summed E-state index contributed by atoms with van der Waals surface area (Å²) in [5.41, 5.74) is 12.2. The average Bonchev–Trinajstić information content (AvgIpc) is 3.67. The highest BCUT2D eigenvalue weighted by Crippen LogP contribution is 2.42. The maximum Gasteiger partial charge on any atom is 0.0780 e. The van der Waals surface area contributed by atoms with E-state index in [1.165, 1.54) is 27.1 Å². The summed E-state index contributed by atoms with van der Waals surface area (Å²) in [4.78, 5) is 9.68. The van der Waals surface area contributed by atoms with Gasteiger partial charge in [-0.15, -0.1) is 0 Å². The van der Waals surface area contributed by atoms with Gasteiger partial charge >= 0.3 is 0 Å². The van der Waals surface area contributed by atoms with Crippen LogP contribution in [0.3, 0.4) is 0 Å². The minimum absolute atomic E-state index is 0.948. The highest BCUT2D eigenvalue weighted by atomic mass is 15.0. The summed E-state index contributed by atoms with van der Waals surface area (Å²) in [5, 5.41) is 5.97. The first-order valence-electron chi connectivity index (χ1n) is 16.3. The van der Waals surface area contributed by atoms with Crippen molar-refractivity contribution in [3.63, 3.8) is 0 Å². The number of nitrogens with zero attached hydrogens (tertiary/aromatic N) is 4. The molecule has 6 aromatic carbocycles. The second-order valence-electron chi connectivity index (χ2n) is 12.3. The minimum Gasteiger partial charge on any atom is -0.309 e. The Kier molecular flexibility index (Phi) is 5.84. The van der Waals surface area contributed by atoms with Gasteiger partial charge < -0.3 is 9.13 Å². The van der Waals surface area contributed by atoms with Crippen molar-refractivity contribution in [2.24, 2.45) is 0 Å². The fraction of sp³-hybridized carbons (Fsp3) is 0. The van der Waals surface area contributed by atoms with Crippen LogP contribution in [-0.4, -0.2) is 19.1 Å². The molecule has 0 radical (unpaired) electrons. The summed E-state index contributed by atoms with van der Waals surface area (Å²) < 4.78 is 4.81. The van der Waals surface area contributed by atoms with E-state index in [2.05, 4.69) is 155 Å². The average molecular weight is 613 g/mol. The van der Waals surface area contributed by atoms with E-state index < -0.39 is 0 Å². The Labute approximate surface area is 276 Å². The molecule has 0 spiro atoms. The molecular formula is C44H28N4. The summed E-state index contributed by atoms with van der Waals surface area (Å²) in [6.45, 7) is 0. The molecule has 0 unspecified atom stereocenters. The quantitative estimate of drug-likeness (QED) is 0.198. The molecule has 0 aliphatic rings. The van der Waals surface area contributed by atoms with Crippen molar-refractivity contribution >= 4 is 54.5 Å². The van der Waals surface area contributed by atoms with E-state index in [0.717, 1.165) is 61.2 Å². The molecule has 0 aliphatic heterocycles. The van der Waals surface area contributed by atoms with Crippen LogP contribution >= 0.6 is 0 Å². The Morgan fingerprint density at radius 1 is 0.396 bits per heavy atom. The topological polar surface area (TPSA) is 35.6 Å². The first-order chi connectivity index (χ1) is 23.8. The molecule has 0 amide bonds. The minimum atomic E-state index is 0.948. The Bertz CT molecular complexity index is 2820. The van der Waals surface area contributed by atoms with Gasteiger partial charge in [-0.3, -0.25) is 9.97 Å².